The molecule has 0 bridgehead atoms. The lowest BCUT2D eigenvalue weighted by atomic mass is 10.0. The van der Waals surface area contributed by atoms with Crippen LogP contribution in [0.2, 0.25) is 0 Å². The Hall–Kier alpha value is -0.0800. The quantitative estimate of drug-likeness (QED) is 0.706. The minimum absolute atomic E-state index is 0.641. The zero-order valence-corrected chi connectivity index (χ0v) is 9.13. The second-order valence-electron chi connectivity index (χ2n) is 4.24. The van der Waals surface area contributed by atoms with Crippen LogP contribution in [-0.4, -0.2) is 30.6 Å². The third kappa shape index (κ3) is 2.96. The Kier molecular flexibility index (Phi) is 4.74. The predicted octanol–water partition coefficient (Wildman–Crippen LogP) is 1.85. The van der Waals surface area contributed by atoms with Gasteiger partial charge < -0.3 is 5.73 Å². The molecule has 1 aliphatic heterocycles. The van der Waals surface area contributed by atoms with Crippen molar-refractivity contribution in [3.8, 4) is 0 Å². The Balaban J connectivity index is 2.30. The molecule has 0 aromatic rings. The highest BCUT2D eigenvalue weighted by atomic mass is 15.2. The highest BCUT2D eigenvalue weighted by Crippen LogP contribution is 2.23. The highest BCUT2D eigenvalue weighted by molar-refractivity contribution is 4.81. The third-order valence-electron chi connectivity index (χ3n) is 3.27. The van der Waals surface area contributed by atoms with Crippen molar-refractivity contribution in [2.75, 3.05) is 19.6 Å². The number of rotatable bonds is 5. The number of likely N-dealkylation sites (tertiary alicyclic amines) is 1. The number of nitrogens with zero attached hydrogens (tertiary/aromatic N) is 1. The topological polar surface area (TPSA) is 29.3 Å². The standard InChI is InChI=1S/C11H24N2/c1-3-5-10-6-7-13(9-10)11(4-2)8-12/h10-11H,3-9,12H2,1-2H3. The summed E-state index contributed by atoms with van der Waals surface area (Å²) < 4.78 is 0. The molecule has 1 rings (SSSR count). The minimum Gasteiger partial charge on any atom is -0.329 e. The van der Waals surface area contributed by atoms with E-state index in [0.29, 0.717) is 6.04 Å². The van der Waals surface area contributed by atoms with Gasteiger partial charge in [-0.3, -0.25) is 4.90 Å². The first kappa shape index (κ1) is 11.0. The van der Waals surface area contributed by atoms with E-state index in [4.69, 9.17) is 5.73 Å². The minimum atomic E-state index is 0.641. The van der Waals surface area contributed by atoms with Crippen LogP contribution >= 0.6 is 0 Å². The largest absolute Gasteiger partial charge is 0.329 e. The molecule has 13 heavy (non-hydrogen) atoms. The fourth-order valence-electron chi connectivity index (χ4n) is 2.41. The van der Waals surface area contributed by atoms with Crippen LogP contribution in [0.15, 0.2) is 0 Å². The number of hydrogen-bond acceptors (Lipinski definition) is 2. The summed E-state index contributed by atoms with van der Waals surface area (Å²) in [6.45, 7) is 7.92. The van der Waals surface area contributed by atoms with E-state index in [0.717, 1.165) is 12.5 Å². The second-order valence-corrected chi connectivity index (χ2v) is 4.24. The van der Waals surface area contributed by atoms with Crippen LogP contribution in [0.1, 0.15) is 39.5 Å². The fraction of sp³-hybridized carbons (Fsp3) is 1.00. The van der Waals surface area contributed by atoms with Gasteiger partial charge in [0.2, 0.25) is 0 Å². The molecule has 78 valence electrons. The van der Waals surface area contributed by atoms with E-state index in [1.807, 2.05) is 0 Å². The Morgan fingerprint density at radius 1 is 1.46 bits per heavy atom. The van der Waals surface area contributed by atoms with Gasteiger partial charge in [0.1, 0.15) is 0 Å². The summed E-state index contributed by atoms with van der Waals surface area (Å²) in [5, 5.41) is 0. The first-order chi connectivity index (χ1) is 6.31. The lowest BCUT2D eigenvalue weighted by molar-refractivity contribution is 0.231. The van der Waals surface area contributed by atoms with E-state index in [1.54, 1.807) is 0 Å². The van der Waals surface area contributed by atoms with Gasteiger partial charge in [-0.25, -0.2) is 0 Å². The zero-order valence-electron chi connectivity index (χ0n) is 9.13. The van der Waals surface area contributed by atoms with Gasteiger partial charge in [0.05, 0.1) is 0 Å². The van der Waals surface area contributed by atoms with Gasteiger partial charge in [-0.15, -0.1) is 0 Å². The molecule has 2 N–H and O–H groups in total. The SMILES string of the molecule is CCCC1CCN(C(CC)CN)C1. The Morgan fingerprint density at radius 2 is 2.23 bits per heavy atom. The molecule has 1 saturated heterocycles. The average Bonchev–Trinajstić information content (AvgIpc) is 2.56. The van der Waals surface area contributed by atoms with Crippen molar-refractivity contribution >= 4 is 0 Å². The van der Waals surface area contributed by atoms with Crippen molar-refractivity contribution in [2.24, 2.45) is 11.7 Å². The molecule has 2 heteroatoms. The lowest BCUT2D eigenvalue weighted by Gasteiger charge is -2.25. The summed E-state index contributed by atoms with van der Waals surface area (Å²) in [7, 11) is 0. The second kappa shape index (κ2) is 5.61. The molecule has 0 amide bonds. The van der Waals surface area contributed by atoms with Crippen LogP contribution < -0.4 is 5.73 Å². The summed E-state index contributed by atoms with van der Waals surface area (Å²) in [5.41, 5.74) is 5.74. The molecule has 0 aromatic heterocycles. The van der Waals surface area contributed by atoms with E-state index in [-0.39, 0.29) is 0 Å². The van der Waals surface area contributed by atoms with Crippen LogP contribution in [0.4, 0.5) is 0 Å². The summed E-state index contributed by atoms with van der Waals surface area (Å²) in [4.78, 5) is 2.58. The van der Waals surface area contributed by atoms with Gasteiger partial charge >= 0.3 is 0 Å². The molecule has 1 aliphatic rings. The van der Waals surface area contributed by atoms with E-state index in [2.05, 4.69) is 18.7 Å². The third-order valence-corrected chi connectivity index (χ3v) is 3.27. The normalized spacial score (nSPS) is 26.5. The predicted molar refractivity (Wildman–Crippen MR) is 57.7 cm³/mol. The summed E-state index contributed by atoms with van der Waals surface area (Å²) in [6, 6.07) is 0.641. The molecule has 0 aliphatic carbocycles. The molecule has 1 fully saturated rings. The fourth-order valence-corrected chi connectivity index (χ4v) is 2.41. The van der Waals surface area contributed by atoms with Gasteiger partial charge in [0.25, 0.3) is 0 Å². The average molecular weight is 184 g/mol. The molecule has 2 unspecified atom stereocenters. The number of hydrogen-bond donors (Lipinski definition) is 1. The van der Waals surface area contributed by atoms with Gasteiger partial charge in [-0.2, -0.15) is 0 Å². The smallest absolute Gasteiger partial charge is 0.0215 e. The molecule has 0 radical (unpaired) electrons. The molecular weight excluding hydrogens is 160 g/mol. The van der Waals surface area contributed by atoms with Crippen molar-refractivity contribution in [3.63, 3.8) is 0 Å². The molecular formula is C11H24N2. The van der Waals surface area contributed by atoms with Crippen LogP contribution in [0.5, 0.6) is 0 Å². The van der Waals surface area contributed by atoms with Crippen LogP contribution in [0.3, 0.4) is 0 Å². The first-order valence-corrected chi connectivity index (χ1v) is 5.75. The van der Waals surface area contributed by atoms with Gasteiger partial charge in [-0.1, -0.05) is 20.3 Å². The van der Waals surface area contributed by atoms with Crippen molar-refractivity contribution in [2.45, 2.75) is 45.6 Å². The van der Waals surface area contributed by atoms with Crippen LogP contribution in [-0.2, 0) is 0 Å². The van der Waals surface area contributed by atoms with Crippen LogP contribution in [0, 0.1) is 5.92 Å². The van der Waals surface area contributed by atoms with Crippen molar-refractivity contribution in [3.05, 3.63) is 0 Å². The Morgan fingerprint density at radius 3 is 2.77 bits per heavy atom. The first-order valence-electron chi connectivity index (χ1n) is 5.75. The molecule has 2 nitrogen and oxygen atoms in total. The maximum absolute atomic E-state index is 5.74. The lowest BCUT2D eigenvalue weighted by Crippen LogP contribution is -2.38. The molecule has 1 heterocycles. The van der Waals surface area contributed by atoms with Crippen LogP contribution in [0.25, 0.3) is 0 Å². The van der Waals surface area contributed by atoms with E-state index < -0.39 is 0 Å². The van der Waals surface area contributed by atoms with Crippen molar-refractivity contribution < 1.29 is 0 Å². The summed E-state index contributed by atoms with van der Waals surface area (Å²) >= 11 is 0. The van der Waals surface area contributed by atoms with Gasteiger partial charge in [0.15, 0.2) is 0 Å². The maximum Gasteiger partial charge on any atom is 0.0215 e. The Labute approximate surface area is 82.5 Å². The molecule has 0 saturated carbocycles. The monoisotopic (exact) mass is 184 g/mol. The van der Waals surface area contributed by atoms with Crippen molar-refractivity contribution in [1.29, 1.82) is 0 Å². The zero-order chi connectivity index (χ0) is 9.68. The van der Waals surface area contributed by atoms with E-state index in [9.17, 15) is 0 Å². The van der Waals surface area contributed by atoms with E-state index in [1.165, 1.54) is 38.8 Å². The van der Waals surface area contributed by atoms with E-state index >= 15 is 0 Å². The molecule has 0 spiro atoms. The molecule has 0 aromatic carbocycles. The number of nitrogens with two attached hydrogens (primary N) is 1. The molecule has 2 atom stereocenters. The summed E-state index contributed by atoms with van der Waals surface area (Å²) in [6.07, 6.45) is 5.33. The van der Waals surface area contributed by atoms with Gasteiger partial charge in [0, 0.05) is 19.1 Å². The van der Waals surface area contributed by atoms with Gasteiger partial charge in [-0.05, 0) is 31.7 Å². The summed E-state index contributed by atoms with van der Waals surface area (Å²) in [5.74, 6) is 0.950. The highest BCUT2D eigenvalue weighted by Gasteiger charge is 2.25. The maximum atomic E-state index is 5.74. The Bertz CT molecular complexity index is 132. The van der Waals surface area contributed by atoms with Crippen molar-refractivity contribution in [1.82, 2.24) is 4.90 Å².